The summed E-state index contributed by atoms with van der Waals surface area (Å²) in [5.74, 6) is -0.342. The summed E-state index contributed by atoms with van der Waals surface area (Å²) < 4.78 is 10.1. The molecule has 0 spiro atoms. The molecule has 2 unspecified atom stereocenters. The van der Waals surface area contributed by atoms with Crippen molar-refractivity contribution in [2.24, 2.45) is 14.1 Å². The lowest BCUT2D eigenvalue weighted by Crippen LogP contribution is -2.41. The van der Waals surface area contributed by atoms with Gasteiger partial charge in [-0.15, -0.1) is 0 Å². The second kappa shape index (κ2) is 13.9. The lowest BCUT2D eigenvalue weighted by atomic mass is 9.85. The maximum absolute atomic E-state index is 12.6. The van der Waals surface area contributed by atoms with Crippen LogP contribution in [0.25, 0.3) is 11.2 Å². The van der Waals surface area contributed by atoms with Crippen molar-refractivity contribution in [2.75, 3.05) is 20.1 Å². The van der Waals surface area contributed by atoms with E-state index in [1.165, 1.54) is 36.4 Å². The van der Waals surface area contributed by atoms with Crippen LogP contribution >= 0.6 is 0 Å². The van der Waals surface area contributed by atoms with Crippen LogP contribution in [0.1, 0.15) is 49.0 Å². The molecule has 1 saturated heterocycles. The number of aliphatic hydroxyl groups excluding tert-OH is 1. The number of aliphatic hydroxyl groups is 1. The normalized spacial score (nSPS) is 18.0. The molecule has 0 aromatic carbocycles. The summed E-state index contributed by atoms with van der Waals surface area (Å²) >= 11 is 0. The van der Waals surface area contributed by atoms with E-state index in [2.05, 4.69) is 45.2 Å². The number of pyridine rings is 2. The van der Waals surface area contributed by atoms with Gasteiger partial charge in [0.25, 0.3) is 5.56 Å². The van der Waals surface area contributed by atoms with Gasteiger partial charge in [0.1, 0.15) is 6.23 Å². The van der Waals surface area contributed by atoms with E-state index in [1.54, 1.807) is 23.9 Å². The van der Waals surface area contributed by atoms with Crippen molar-refractivity contribution >= 4 is 17.1 Å². The number of aromatic nitrogens is 6. The van der Waals surface area contributed by atoms with Crippen LogP contribution in [0.3, 0.4) is 0 Å². The molecule has 0 bridgehead atoms. The van der Waals surface area contributed by atoms with Gasteiger partial charge < -0.3 is 19.5 Å². The molecule has 14 nitrogen and oxygen atoms in total. The first-order valence-corrected chi connectivity index (χ1v) is 14.5. The summed E-state index contributed by atoms with van der Waals surface area (Å²) in [6.07, 6.45) is 8.00. The van der Waals surface area contributed by atoms with Crippen molar-refractivity contribution in [3.63, 3.8) is 0 Å². The summed E-state index contributed by atoms with van der Waals surface area (Å²) in [5, 5.41) is 22.2. The number of carboxylic acids is 1. The van der Waals surface area contributed by atoms with Crippen LogP contribution in [0.4, 0.5) is 0 Å². The lowest BCUT2D eigenvalue weighted by molar-refractivity contribution is 0.0696. The monoisotopic (exact) mass is 608 g/mol. The molecule has 236 valence electrons. The highest BCUT2D eigenvalue weighted by Crippen LogP contribution is 2.43. The molecule has 5 heterocycles. The molecule has 44 heavy (non-hydrogen) atoms. The van der Waals surface area contributed by atoms with Crippen molar-refractivity contribution < 1.29 is 19.7 Å². The van der Waals surface area contributed by atoms with Crippen molar-refractivity contribution in [3.8, 4) is 5.88 Å². The third kappa shape index (κ3) is 6.72. The Balaban J connectivity index is 0.000000421. The maximum atomic E-state index is 12.6. The Hall–Kier alpha value is -4.40. The molecular formula is C30H40N8O6. The van der Waals surface area contributed by atoms with Gasteiger partial charge in [-0.1, -0.05) is 13.0 Å². The summed E-state index contributed by atoms with van der Waals surface area (Å²) in [6.45, 7) is 5.49. The molecule has 4 aromatic heterocycles. The molecule has 5 rings (SSSR count). The molecule has 14 heteroatoms. The largest absolute Gasteiger partial charge is 0.478 e. The van der Waals surface area contributed by atoms with Crippen molar-refractivity contribution in [2.45, 2.75) is 57.5 Å². The van der Waals surface area contributed by atoms with Crippen LogP contribution in [0.5, 0.6) is 5.88 Å². The first kappa shape index (κ1) is 32.5. The molecule has 0 saturated carbocycles. The average molecular weight is 609 g/mol. The second-order valence-electron chi connectivity index (χ2n) is 10.9. The number of rotatable bonds is 10. The number of hydrogen-bond acceptors (Lipinski definition) is 10. The van der Waals surface area contributed by atoms with E-state index in [1.807, 2.05) is 13.0 Å². The van der Waals surface area contributed by atoms with Gasteiger partial charge in [0.15, 0.2) is 11.2 Å². The van der Waals surface area contributed by atoms with Gasteiger partial charge in [-0.05, 0) is 58.0 Å². The quantitative estimate of drug-likeness (QED) is 0.222. The fourth-order valence-electron chi connectivity index (χ4n) is 5.66. The first-order valence-electron chi connectivity index (χ1n) is 14.5. The van der Waals surface area contributed by atoms with Crippen LogP contribution in [0.2, 0.25) is 0 Å². The highest BCUT2D eigenvalue weighted by molar-refractivity contribution is 5.86. The first-order chi connectivity index (χ1) is 21.0. The van der Waals surface area contributed by atoms with Crippen LogP contribution in [-0.4, -0.2) is 82.2 Å². The van der Waals surface area contributed by atoms with Crippen LogP contribution in [-0.2, 0) is 26.2 Å². The van der Waals surface area contributed by atoms with E-state index < -0.39 is 29.6 Å². The van der Waals surface area contributed by atoms with E-state index in [0.29, 0.717) is 11.5 Å². The minimum absolute atomic E-state index is 0.0857. The van der Waals surface area contributed by atoms with Crippen molar-refractivity contribution in [1.82, 2.24) is 38.9 Å². The number of nitrogens with one attached hydrogen (secondary N) is 1. The summed E-state index contributed by atoms with van der Waals surface area (Å²) in [5.41, 5.74) is 0.907. The van der Waals surface area contributed by atoms with Gasteiger partial charge in [0, 0.05) is 44.8 Å². The molecule has 1 fully saturated rings. The number of aromatic carboxylic acids is 1. The third-order valence-electron chi connectivity index (χ3n) is 8.13. The Bertz CT molecular complexity index is 1700. The number of aryl methyl sites for hydroxylation is 1. The van der Waals surface area contributed by atoms with Crippen molar-refractivity contribution in [1.29, 1.82) is 0 Å². The second-order valence-corrected chi connectivity index (χ2v) is 10.9. The molecule has 0 amide bonds. The Morgan fingerprint density at radius 1 is 1.14 bits per heavy atom. The molecule has 3 atom stereocenters. The highest BCUT2D eigenvalue weighted by atomic mass is 16.5. The summed E-state index contributed by atoms with van der Waals surface area (Å²) in [6, 6.07) is 7.12. The Kier molecular flexibility index (Phi) is 10.3. The van der Waals surface area contributed by atoms with Gasteiger partial charge >= 0.3 is 11.7 Å². The van der Waals surface area contributed by atoms with Crippen LogP contribution < -0.4 is 21.3 Å². The number of imidazole rings is 1. The zero-order valence-electron chi connectivity index (χ0n) is 25.7. The highest BCUT2D eigenvalue weighted by Gasteiger charge is 2.41. The number of likely N-dealkylation sites (tertiary alicyclic amines) is 1. The minimum atomic E-state index is -0.942. The zero-order chi connectivity index (χ0) is 32.0. The smallest absolute Gasteiger partial charge is 0.337 e. The zero-order valence-corrected chi connectivity index (χ0v) is 25.7. The van der Waals surface area contributed by atoms with Gasteiger partial charge in [-0.3, -0.25) is 29.1 Å². The minimum Gasteiger partial charge on any atom is -0.478 e. The SMILES string of the molecule is CC[C@@]1(c2cccnc2OC(C)NCC(O)Cn2cnc3c2c(=O)n(C)c(=O)n3C)CCCN1C.O=C(O)c1cccnc1. The van der Waals surface area contributed by atoms with Crippen LogP contribution in [0.15, 0.2) is 58.8 Å². The van der Waals surface area contributed by atoms with Gasteiger partial charge in [0.05, 0.1) is 30.1 Å². The van der Waals surface area contributed by atoms with Gasteiger partial charge in [-0.25, -0.2) is 19.6 Å². The van der Waals surface area contributed by atoms with Gasteiger partial charge in [0.2, 0.25) is 5.88 Å². The maximum Gasteiger partial charge on any atom is 0.337 e. The van der Waals surface area contributed by atoms with E-state index in [9.17, 15) is 19.5 Å². The van der Waals surface area contributed by atoms with E-state index in [-0.39, 0.29) is 29.7 Å². The Morgan fingerprint density at radius 3 is 2.50 bits per heavy atom. The molecule has 1 aliphatic rings. The van der Waals surface area contributed by atoms with E-state index >= 15 is 0 Å². The predicted octanol–water partition coefficient (Wildman–Crippen LogP) is 1.31. The topological polar surface area (TPSA) is 170 Å². The number of carboxylic acid groups (broad SMARTS) is 1. The standard InChI is InChI=1S/C24H35N7O4.C6H5NO2/c1-6-24(10-8-12-28(24)3)18-9-7-11-25-21(18)35-16(2)26-13-17(32)14-31-15-27-20-19(31)22(33)30(5)23(34)29(20)4;8-6(9)5-2-1-3-7-4-5/h7,9,11,15-17,26,32H,6,8,10,12-14H2,1-5H3;1-4H,(H,8,9)/t16?,17?,24-;/m0./s1. The van der Waals surface area contributed by atoms with E-state index in [4.69, 9.17) is 9.84 Å². The number of carbonyl (C=O) groups is 1. The molecule has 0 aliphatic carbocycles. The Labute approximate surface area is 254 Å². The van der Waals surface area contributed by atoms with Crippen LogP contribution in [0, 0.1) is 0 Å². The lowest BCUT2D eigenvalue weighted by Gasteiger charge is -2.37. The summed E-state index contributed by atoms with van der Waals surface area (Å²) in [7, 11) is 5.14. The Morgan fingerprint density at radius 2 is 1.89 bits per heavy atom. The molecule has 4 aromatic rings. The third-order valence-corrected chi connectivity index (χ3v) is 8.13. The molecule has 1 aliphatic heterocycles. The number of hydrogen-bond donors (Lipinski definition) is 3. The fourth-order valence-corrected chi connectivity index (χ4v) is 5.66. The summed E-state index contributed by atoms with van der Waals surface area (Å²) in [4.78, 5) is 49.6. The predicted molar refractivity (Wildman–Crippen MR) is 164 cm³/mol. The van der Waals surface area contributed by atoms with Crippen molar-refractivity contribution in [3.05, 3.63) is 81.1 Å². The number of ether oxygens (including phenoxy) is 1. The molecule has 3 N–H and O–H groups in total. The van der Waals surface area contributed by atoms with E-state index in [0.717, 1.165) is 35.9 Å². The molecular weight excluding hydrogens is 568 g/mol. The fraction of sp³-hybridized carbons (Fsp3) is 0.467. The number of nitrogens with zero attached hydrogens (tertiary/aromatic N) is 7. The number of fused-ring (bicyclic) bond motifs is 1. The molecule has 0 radical (unpaired) electrons. The average Bonchev–Trinajstić information content (AvgIpc) is 3.62. The van der Waals surface area contributed by atoms with Gasteiger partial charge in [-0.2, -0.15) is 0 Å².